The lowest BCUT2D eigenvalue weighted by Crippen LogP contribution is -2.20. The molecule has 16 heavy (non-hydrogen) atoms. The Morgan fingerprint density at radius 3 is 2.31 bits per heavy atom. The van der Waals surface area contributed by atoms with Crippen molar-refractivity contribution in [1.29, 1.82) is 0 Å². The van der Waals surface area contributed by atoms with Gasteiger partial charge in [0.15, 0.2) is 0 Å². The van der Waals surface area contributed by atoms with Gasteiger partial charge in [-0.05, 0) is 19.4 Å². The number of aliphatic hydroxyl groups excluding tert-OH is 1. The Morgan fingerprint density at radius 1 is 1.25 bits per heavy atom. The summed E-state index contributed by atoms with van der Waals surface area (Å²) in [7, 11) is -3.56. The fourth-order valence-corrected chi connectivity index (χ4v) is 1.66. The van der Waals surface area contributed by atoms with Crippen LogP contribution in [-0.2, 0) is 14.3 Å². The van der Waals surface area contributed by atoms with Gasteiger partial charge in [0.1, 0.15) is 6.10 Å². The van der Waals surface area contributed by atoms with E-state index in [2.05, 4.69) is 0 Å². The predicted octanol–water partition coefficient (Wildman–Crippen LogP) is 1.47. The van der Waals surface area contributed by atoms with E-state index in [1.165, 1.54) is 13.8 Å². The Balaban J connectivity index is 2.58. The van der Waals surface area contributed by atoms with Gasteiger partial charge in [0.25, 0.3) is 10.1 Å². The first-order valence-electron chi connectivity index (χ1n) is 5.04. The van der Waals surface area contributed by atoms with Crippen LogP contribution < -0.4 is 0 Å². The van der Waals surface area contributed by atoms with Crippen molar-refractivity contribution in [2.75, 3.05) is 6.61 Å². The summed E-state index contributed by atoms with van der Waals surface area (Å²) in [6.45, 7) is 2.82. The molecule has 0 fully saturated rings. The highest BCUT2D eigenvalue weighted by molar-refractivity contribution is 7.87. The average molecular weight is 244 g/mol. The zero-order valence-corrected chi connectivity index (χ0v) is 10.1. The van der Waals surface area contributed by atoms with E-state index in [0.717, 1.165) is 0 Å². The highest BCUT2D eigenvalue weighted by Gasteiger charge is 2.19. The summed E-state index contributed by atoms with van der Waals surface area (Å²) in [4.78, 5) is 0. The average Bonchev–Trinajstić information content (AvgIpc) is 2.27. The maximum atomic E-state index is 11.3. The molecule has 90 valence electrons. The quantitative estimate of drug-likeness (QED) is 0.797. The molecule has 0 saturated carbocycles. The molecular weight excluding hydrogens is 228 g/mol. The number of aliphatic hydroxyl groups is 1. The fourth-order valence-electron chi connectivity index (χ4n) is 1.07. The van der Waals surface area contributed by atoms with Crippen molar-refractivity contribution in [3.05, 3.63) is 35.9 Å². The molecule has 0 heterocycles. The molecule has 1 aromatic rings. The third-order valence-electron chi connectivity index (χ3n) is 2.15. The summed E-state index contributed by atoms with van der Waals surface area (Å²) >= 11 is 0. The highest BCUT2D eigenvalue weighted by Crippen LogP contribution is 2.14. The normalized spacial score (nSPS) is 14.0. The van der Waals surface area contributed by atoms with E-state index >= 15 is 0 Å². The maximum Gasteiger partial charge on any atom is 0.269 e. The van der Waals surface area contributed by atoms with Crippen LogP contribution in [0.25, 0.3) is 0 Å². The third kappa shape index (κ3) is 3.59. The smallest absolute Gasteiger partial charge is 0.269 e. The van der Waals surface area contributed by atoms with E-state index in [0.29, 0.717) is 5.56 Å². The largest absolute Gasteiger partial charge is 0.386 e. The van der Waals surface area contributed by atoms with Crippen molar-refractivity contribution in [1.82, 2.24) is 0 Å². The van der Waals surface area contributed by atoms with E-state index in [9.17, 15) is 13.5 Å². The highest BCUT2D eigenvalue weighted by atomic mass is 32.2. The zero-order chi connectivity index (χ0) is 12.2. The molecule has 0 saturated heterocycles. The lowest BCUT2D eigenvalue weighted by Gasteiger charge is -2.13. The zero-order valence-electron chi connectivity index (χ0n) is 9.33. The lowest BCUT2D eigenvalue weighted by atomic mass is 10.1. The van der Waals surface area contributed by atoms with Gasteiger partial charge in [-0.25, -0.2) is 0 Å². The van der Waals surface area contributed by atoms with Gasteiger partial charge < -0.3 is 5.11 Å². The van der Waals surface area contributed by atoms with Gasteiger partial charge in [-0.2, -0.15) is 8.42 Å². The standard InChI is InChI=1S/C11H16O4S/c1-9(2)16(13,14)15-8-11(12)10-6-4-3-5-7-10/h3-7,9,11-12H,8H2,1-2H3/t11-/m0/s1. The molecule has 0 aromatic heterocycles. The Hall–Kier alpha value is -0.910. The van der Waals surface area contributed by atoms with Crippen molar-refractivity contribution in [3.8, 4) is 0 Å². The second-order valence-corrected chi connectivity index (χ2v) is 5.92. The molecule has 5 heteroatoms. The molecular formula is C11H16O4S. The van der Waals surface area contributed by atoms with Crippen LogP contribution in [0.1, 0.15) is 25.5 Å². The summed E-state index contributed by atoms with van der Waals surface area (Å²) in [5.41, 5.74) is 0.640. The summed E-state index contributed by atoms with van der Waals surface area (Å²) in [6.07, 6.45) is -0.922. The molecule has 0 aliphatic rings. The SMILES string of the molecule is CC(C)S(=O)(=O)OC[C@H](O)c1ccccc1. The molecule has 1 aromatic carbocycles. The molecule has 4 nitrogen and oxygen atoms in total. The molecule has 1 rings (SSSR count). The van der Waals surface area contributed by atoms with Crippen LogP contribution in [0.2, 0.25) is 0 Å². The summed E-state index contributed by atoms with van der Waals surface area (Å²) in [5, 5.41) is 9.07. The topological polar surface area (TPSA) is 63.6 Å². The molecule has 0 unspecified atom stereocenters. The van der Waals surface area contributed by atoms with Crippen LogP contribution in [0.3, 0.4) is 0 Å². The molecule has 0 amide bonds. The van der Waals surface area contributed by atoms with Crippen LogP contribution in [0.15, 0.2) is 30.3 Å². The number of benzene rings is 1. The minimum absolute atomic E-state index is 0.246. The number of rotatable bonds is 5. The van der Waals surface area contributed by atoms with E-state index < -0.39 is 21.5 Å². The monoisotopic (exact) mass is 244 g/mol. The Bertz CT molecular complexity index is 411. The summed E-state index contributed by atoms with van der Waals surface area (Å²) < 4.78 is 27.4. The first kappa shape index (κ1) is 13.2. The fraction of sp³-hybridized carbons (Fsp3) is 0.455. The van der Waals surface area contributed by atoms with E-state index in [1.807, 2.05) is 6.07 Å². The molecule has 0 radical (unpaired) electrons. The minimum atomic E-state index is -3.56. The van der Waals surface area contributed by atoms with Crippen molar-refractivity contribution >= 4 is 10.1 Å². The maximum absolute atomic E-state index is 11.3. The van der Waals surface area contributed by atoms with Crippen LogP contribution in [0, 0.1) is 0 Å². The predicted molar refractivity (Wildman–Crippen MR) is 61.4 cm³/mol. The van der Waals surface area contributed by atoms with Gasteiger partial charge in [-0.15, -0.1) is 0 Å². The molecule has 0 aliphatic heterocycles. The van der Waals surface area contributed by atoms with Crippen molar-refractivity contribution in [3.63, 3.8) is 0 Å². The Morgan fingerprint density at radius 2 is 1.81 bits per heavy atom. The molecule has 1 N–H and O–H groups in total. The van der Waals surface area contributed by atoms with Gasteiger partial charge >= 0.3 is 0 Å². The molecule has 1 atom stereocenters. The first-order chi connectivity index (χ1) is 7.43. The van der Waals surface area contributed by atoms with Gasteiger partial charge in [-0.1, -0.05) is 30.3 Å². The van der Waals surface area contributed by atoms with Gasteiger partial charge in [0.2, 0.25) is 0 Å². The third-order valence-corrected chi connectivity index (χ3v) is 3.77. The van der Waals surface area contributed by atoms with Gasteiger partial charge in [-0.3, -0.25) is 4.18 Å². The van der Waals surface area contributed by atoms with Crippen LogP contribution in [0.4, 0.5) is 0 Å². The van der Waals surface area contributed by atoms with Crippen LogP contribution in [-0.4, -0.2) is 25.4 Å². The summed E-state index contributed by atoms with van der Waals surface area (Å²) in [5.74, 6) is 0. The second kappa shape index (κ2) is 5.43. The van der Waals surface area contributed by atoms with Crippen LogP contribution in [0.5, 0.6) is 0 Å². The molecule has 0 aliphatic carbocycles. The number of hydrogen-bond donors (Lipinski definition) is 1. The Labute approximate surface area is 96.0 Å². The van der Waals surface area contributed by atoms with Crippen LogP contribution >= 0.6 is 0 Å². The molecule has 0 spiro atoms. The summed E-state index contributed by atoms with van der Waals surface area (Å²) in [6, 6.07) is 8.80. The van der Waals surface area contributed by atoms with Crippen molar-refractivity contribution in [2.45, 2.75) is 25.2 Å². The minimum Gasteiger partial charge on any atom is -0.386 e. The van der Waals surface area contributed by atoms with Crippen molar-refractivity contribution < 1.29 is 17.7 Å². The first-order valence-corrected chi connectivity index (χ1v) is 6.52. The van der Waals surface area contributed by atoms with Crippen molar-refractivity contribution in [2.24, 2.45) is 0 Å². The lowest BCUT2D eigenvalue weighted by molar-refractivity contribution is 0.111. The number of hydrogen-bond acceptors (Lipinski definition) is 4. The van der Waals surface area contributed by atoms with E-state index in [-0.39, 0.29) is 6.61 Å². The van der Waals surface area contributed by atoms with Gasteiger partial charge in [0, 0.05) is 0 Å². The van der Waals surface area contributed by atoms with E-state index in [4.69, 9.17) is 4.18 Å². The second-order valence-electron chi connectivity index (χ2n) is 3.75. The van der Waals surface area contributed by atoms with Gasteiger partial charge in [0.05, 0.1) is 11.9 Å². The molecule has 0 bridgehead atoms. The Kier molecular flexibility index (Phi) is 4.46. The van der Waals surface area contributed by atoms with E-state index in [1.54, 1.807) is 24.3 Å².